The summed E-state index contributed by atoms with van der Waals surface area (Å²) in [4.78, 5) is 23.5. The summed E-state index contributed by atoms with van der Waals surface area (Å²) in [6, 6.07) is 15.0. The van der Waals surface area contributed by atoms with E-state index >= 15 is 0 Å². The molecule has 3 N–H and O–H groups in total. The summed E-state index contributed by atoms with van der Waals surface area (Å²) >= 11 is 0. The topological polar surface area (TPSA) is 136 Å². The number of amides is 1. The van der Waals surface area contributed by atoms with E-state index in [4.69, 9.17) is 19.0 Å². The Morgan fingerprint density at radius 2 is 1.84 bits per heavy atom. The molecule has 0 bridgehead atoms. The second kappa shape index (κ2) is 12.4. The number of benzene rings is 2. The standard InChI is InChI=1S/C27H32N4O6/c1-17(16-35-2)36-23-5-3-4-22(15-23)29-27-31-30-26(37-27)25(34)28-21-12-10-20(11-13-21)19-8-6-18(7-9-19)14-24(32)33/h3-5,10-13,15,17-19H,6-9,14,16H2,1-2H3,(H,28,34)(H,29,31)(H,32,33)/t17-,18-,19-/m0/s1. The molecule has 37 heavy (non-hydrogen) atoms. The molecule has 196 valence electrons. The summed E-state index contributed by atoms with van der Waals surface area (Å²) < 4.78 is 16.4. The van der Waals surface area contributed by atoms with Crippen LogP contribution in [0.2, 0.25) is 0 Å². The van der Waals surface area contributed by atoms with Crippen molar-refractivity contribution in [1.82, 2.24) is 10.2 Å². The molecule has 0 radical (unpaired) electrons. The summed E-state index contributed by atoms with van der Waals surface area (Å²) in [7, 11) is 1.62. The number of carbonyl (C=O) groups excluding carboxylic acids is 1. The number of carboxylic acids is 1. The number of aromatic nitrogens is 2. The Kier molecular flexibility index (Phi) is 8.73. The van der Waals surface area contributed by atoms with E-state index in [2.05, 4.69) is 20.8 Å². The number of rotatable bonds is 11. The summed E-state index contributed by atoms with van der Waals surface area (Å²) in [6.45, 7) is 2.38. The molecule has 1 aliphatic rings. The average Bonchev–Trinajstić information content (AvgIpc) is 3.34. The molecule has 3 aromatic rings. The van der Waals surface area contributed by atoms with Crippen molar-refractivity contribution in [2.24, 2.45) is 5.92 Å². The SMILES string of the molecule is COC[C@H](C)Oc1cccc(Nc2nnc(C(=O)Nc3ccc([C@H]4CC[C@H](CC(=O)O)CC4)cc3)o2)c1. The third-order valence-electron chi connectivity index (χ3n) is 6.39. The zero-order chi connectivity index (χ0) is 26.2. The Bertz CT molecular complexity index is 1190. The molecule has 1 fully saturated rings. The third kappa shape index (κ3) is 7.53. The Labute approximate surface area is 215 Å². The van der Waals surface area contributed by atoms with Crippen LogP contribution >= 0.6 is 0 Å². The van der Waals surface area contributed by atoms with E-state index in [0.717, 1.165) is 25.7 Å². The lowest BCUT2D eigenvalue weighted by atomic mass is 9.77. The van der Waals surface area contributed by atoms with Gasteiger partial charge in [0, 0.05) is 31.0 Å². The van der Waals surface area contributed by atoms with E-state index in [1.165, 1.54) is 5.56 Å². The number of methoxy groups -OCH3 is 1. The second-order valence-corrected chi connectivity index (χ2v) is 9.34. The second-order valence-electron chi connectivity index (χ2n) is 9.34. The van der Waals surface area contributed by atoms with Crippen molar-refractivity contribution < 1.29 is 28.6 Å². The van der Waals surface area contributed by atoms with Crippen molar-refractivity contribution in [3.05, 3.63) is 60.0 Å². The lowest BCUT2D eigenvalue weighted by Crippen LogP contribution is -2.17. The maximum absolute atomic E-state index is 12.6. The zero-order valence-corrected chi connectivity index (χ0v) is 21.0. The van der Waals surface area contributed by atoms with Crippen LogP contribution in [0.4, 0.5) is 17.4 Å². The maximum Gasteiger partial charge on any atom is 0.320 e. The highest BCUT2D eigenvalue weighted by Crippen LogP contribution is 2.37. The highest BCUT2D eigenvalue weighted by atomic mass is 16.5. The fourth-order valence-electron chi connectivity index (χ4n) is 4.61. The highest BCUT2D eigenvalue weighted by Gasteiger charge is 2.24. The summed E-state index contributed by atoms with van der Waals surface area (Å²) in [5, 5.41) is 22.5. The number of hydrogen-bond acceptors (Lipinski definition) is 8. The minimum Gasteiger partial charge on any atom is -0.488 e. The van der Waals surface area contributed by atoms with E-state index in [-0.39, 0.29) is 30.3 Å². The molecule has 4 rings (SSSR count). The predicted octanol–water partition coefficient (Wildman–Crippen LogP) is 5.23. The van der Waals surface area contributed by atoms with Crippen LogP contribution in [-0.2, 0) is 9.53 Å². The van der Waals surface area contributed by atoms with E-state index in [0.29, 0.717) is 29.6 Å². The summed E-state index contributed by atoms with van der Waals surface area (Å²) in [5.41, 5.74) is 2.49. The van der Waals surface area contributed by atoms with Gasteiger partial charge in [-0.2, -0.15) is 0 Å². The molecule has 1 atom stereocenters. The number of nitrogens with one attached hydrogen (secondary N) is 2. The van der Waals surface area contributed by atoms with Crippen LogP contribution < -0.4 is 15.4 Å². The van der Waals surface area contributed by atoms with Gasteiger partial charge in [0.15, 0.2) is 0 Å². The largest absolute Gasteiger partial charge is 0.488 e. The molecule has 1 saturated carbocycles. The van der Waals surface area contributed by atoms with Gasteiger partial charge in [-0.05, 0) is 74.3 Å². The number of hydrogen-bond donors (Lipinski definition) is 3. The van der Waals surface area contributed by atoms with Crippen LogP contribution in [0.5, 0.6) is 5.75 Å². The minimum atomic E-state index is -0.722. The maximum atomic E-state index is 12.6. The number of aliphatic carboxylic acids is 1. The first-order chi connectivity index (χ1) is 17.9. The van der Waals surface area contributed by atoms with Gasteiger partial charge in [0.1, 0.15) is 11.9 Å². The van der Waals surface area contributed by atoms with Crippen molar-refractivity contribution in [3.8, 4) is 5.75 Å². The number of carboxylic acid groups (broad SMARTS) is 1. The quantitative estimate of drug-likeness (QED) is 0.318. The van der Waals surface area contributed by atoms with Crippen LogP contribution in [0, 0.1) is 5.92 Å². The number of carbonyl (C=O) groups is 2. The van der Waals surface area contributed by atoms with Gasteiger partial charge in [0.05, 0.1) is 6.61 Å². The molecule has 0 aliphatic heterocycles. The van der Waals surface area contributed by atoms with Crippen molar-refractivity contribution in [3.63, 3.8) is 0 Å². The molecule has 0 unspecified atom stereocenters. The molecule has 10 nitrogen and oxygen atoms in total. The fourth-order valence-corrected chi connectivity index (χ4v) is 4.61. The molecule has 1 aliphatic carbocycles. The lowest BCUT2D eigenvalue weighted by molar-refractivity contribution is -0.138. The highest BCUT2D eigenvalue weighted by molar-refractivity contribution is 6.00. The van der Waals surface area contributed by atoms with Gasteiger partial charge in [-0.25, -0.2) is 0 Å². The first-order valence-corrected chi connectivity index (χ1v) is 12.4. The van der Waals surface area contributed by atoms with Gasteiger partial charge in [0.25, 0.3) is 0 Å². The van der Waals surface area contributed by atoms with Gasteiger partial charge in [-0.15, -0.1) is 5.10 Å². The fraction of sp³-hybridized carbons (Fsp3) is 0.407. The van der Waals surface area contributed by atoms with Crippen LogP contribution in [0.15, 0.2) is 52.9 Å². The van der Waals surface area contributed by atoms with Gasteiger partial charge in [-0.3, -0.25) is 9.59 Å². The van der Waals surface area contributed by atoms with Crippen LogP contribution in [0.3, 0.4) is 0 Å². The predicted molar refractivity (Wildman–Crippen MR) is 137 cm³/mol. The monoisotopic (exact) mass is 508 g/mol. The lowest BCUT2D eigenvalue weighted by Gasteiger charge is -2.28. The van der Waals surface area contributed by atoms with Crippen LogP contribution in [-0.4, -0.2) is 47.0 Å². The molecule has 1 aromatic heterocycles. The van der Waals surface area contributed by atoms with Gasteiger partial charge in [-0.1, -0.05) is 23.3 Å². The van der Waals surface area contributed by atoms with E-state index < -0.39 is 11.9 Å². The van der Waals surface area contributed by atoms with Gasteiger partial charge >= 0.3 is 23.8 Å². The molecule has 2 aromatic carbocycles. The number of ether oxygens (including phenoxy) is 2. The third-order valence-corrected chi connectivity index (χ3v) is 6.39. The van der Waals surface area contributed by atoms with E-state index in [1.807, 2.05) is 49.4 Å². The Balaban J connectivity index is 1.29. The Morgan fingerprint density at radius 3 is 2.54 bits per heavy atom. The number of anilines is 3. The number of nitrogens with zero attached hydrogens (tertiary/aromatic N) is 2. The molecular formula is C27H32N4O6. The van der Waals surface area contributed by atoms with Crippen molar-refractivity contribution in [2.75, 3.05) is 24.4 Å². The first-order valence-electron chi connectivity index (χ1n) is 12.4. The van der Waals surface area contributed by atoms with Crippen molar-refractivity contribution in [2.45, 2.75) is 51.0 Å². The minimum absolute atomic E-state index is 0.0843. The van der Waals surface area contributed by atoms with Gasteiger partial charge < -0.3 is 29.6 Å². The Hall–Kier alpha value is -3.92. The normalized spacial score (nSPS) is 18.1. The van der Waals surface area contributed by atoms with E-state index in [9.17, 15) is 9.59 Å². The molecule has 1 heterocycles. The first kappa shape index (κ1) is 26.2. The Morgan fingerprint density at radius 1 is 1.08 bits per heavy atom. The summed E-state index contributed by atoms with van der Waals surface area (Å²) in [6.07, 6.45) is 3.94. The average molecular weight is 509 g/mol. The zero-order valence-electron chi connectivity index (χ0n) is 21.0. The van der Waals surface area contributed by atoms with Crippen LogP contribution in [0.1, 0.15) is 61.2 Å². The molecule has 10 heteroatoms. The molecule has 0 spiro atoms. The molecule has 1 amide bonds. The molecular weight excluding hydrogens is 476 g/mol. The summed E-state index contributed by atoms with van der Waals surface area (Å²) in [5.74, 6) is -0.0597. The van der Waals surface area contributed by atoms with Crippen molar-refractivity contribution >= 4 is 29.3 Å². The van der Waals surface area contributed by atoms with Crippen molar-refractivity contribution in [1.29, 1.82) is 0 Å². The van der Waals surface area contributed by atoms with E-state index in [1.54, 1.807) is 13.2 Å². The molecule has 0 saturated heterocycles. The van der Waals surface area contributed by atoms with Crippen LogP contribution in [0.25, 0.3) is 0 Å². The smallest absolute Gasteiger partial charge is 0.320 e. The van der Waals surface area contributed by atoms with Gasteiger partial charge in [0.2, 0.25) is 0 Å².